The summed E-state index contributed by atoms with van der Waals surface area (Å²) < 4.78 is 0. The molecule has 2 unspecified atom stereocenters. The third-order valence-electron chi connectivity index (χ3n) is 10.7. The summed E-state index contributed by atoms with van der Waals surface area (Å²) in [4.78, 5) is 24.2. The SMILES string of the molecule is CC(CCC[C@@H](C)[C@H]1CC[C@H]2[C@@H]3CCC4CC(O)=CC(=O)[C@]4(C)[C@H]3CC[C@]12C)C(=O)O. The van der Waals surface area contributed by atoms with Crippen LogP contribution in [0.5, 0.6) is 0 Å². The lowest BCUT2D eigenvalue weighted by atomic mass is 9.44. The molecule has 3 saturated carbocycles. The monoisotopic (exact) mass is 430 g/mol. The maximum Gasteiger partial charge on any atom is 0.306 e. The van der Waals surface area contributed by atoms with Crippen molar-refractivity contribution in [1.82, 2.24) is 0 Å². The fourth-order valence-corrected chi connectivity index (χ4v) is 8.79. The number of fused-ring (bicyclic) bond motifs is 5. The van der Waals surface area contributed by atoms with E-state index >= 15 is 0 Å². The van der Waals surface area contributed by atoms with Crippen LogP contribution in [0.15, 0.2) is 11.8 Å². The van der Waals surface area contributed by atoms with Crippen molar-refractivity contribution in [3.63, 3.8) is 0 Å². The summed E-state index contributed by atoms with van der Waals surface area (Å²) in [5, 5.41) is 19.2. The van der Waals surface area contributed by atoms with Crippen LogP contribution >= 0.6 is 0 Å². The number of aliphatic hydroxyl groups is 1. The van der Waals surface area contributed by atoms with E-state index in [9.17, 15) is 14.7 Å². The first-order valence-corrected chi connectivity index (χ1v) is 12.8. The van der Waals surface area contributed by atoms with Gasteiger partial charge in [-0.2, -0.15) is 0 Å². The Bertz CT molecular complexity index is 756. The third-order valence-corrected chi connectivity index (χ3v) is 10.7. The normalized spacial score (nSPS) is 43.9. The average Bonchev–Trinajstić information content (AvgIpc) is 3.06. The number of carbonyl (C=O) groups excluding carboxylic acids is 1. The number of allylic oxidation sites excluding steroid dienone is 2. The van der Waals surface area contributed by atoms with Crippen molar-refractivity contribution in [2.24, 2.45) is 52.3 Å². The van der Waals surface area contributed by atoms with Crippen molar-refractivity contribution in [3.8, 4) is 0 Å². The minimum atomic E-state index is -0.677. The molecule has 0 aromatic rings. The van der Waals surface area contributed by atoms with Crippen LogP contribution in [0.1, 0.15) is 91.9 Å². The summed E-state index contributed by atoms with van der Waals surface area (Å²) in [6.07, 6.45) is 12.3. The van der Waals surface area contributed by atoms with Gasteiger partial charge in [0, 0.05) is 17.9 Å². The molecule has 3 fully saturated rings. The molecule has 0 aromatic carbocycles. The van der Waals surface area contributed by atoms with Gasteiger partial charge in [0.05, 0.1) is 11.7 Å². The van der Waals surface area contributed by atoms with Crippen LogP contribution in [0.25, 0.3) is 0 Å². The fraction of sp³-hybridized carbons (Fsp3) is 0.852. The van der Waals surface area contributed by atoms with Gasteiger partial charge in [-0.15, -0.1) is 0 Å². The van der Waals surface area contributed by atoms with Gasteiger partial charge in [-0.25, -0.2) is 0 Å². The van der Waals surface area contributed by atoms with Crippen LogP contribution in [0.2, 0.25) is 0 Å². The molecule has 0 bridgehead atoms. The Morgan fingerprint density at radius 2 is 1.84 bits per heavy atom. The van der Waals surface area contributed by atoms with Crippen molar-refractivity contribution in [3.05, 3.63) is 11.8 Å². The minimum Gasteiger partial charge on any atom is -0.512 e. The van der Waals surface area contributed by atoms with Gasteiger partial charge >= 0.3 is 5.97 Å². The van der Waals surface area contributed by atoms with Gasteiger partial charge in [-0.05, 0) is 85.9 Å². The second-order valence-corrected chi connectivity index (χ2v) is 12.0. The number of carboxylic acid groups (broad SMARTS) is 1. The molecular weight excluding hydrogens is 388 g/mol. The average molecular weight is 431 g/mol. The van der Waals surface area contributed by atoms with E-state index in [0.29, 0.717) is 47.2 Å². The van der Waals surface area contributed by atoms with Gasteiger partial charge in [-0.3, -0.25) is 9.59 Å². The van der Waals surface area contributed by atoms with Crippen molar-refractivity contribution in [2.75, 3.05) is 0 Å². The predicted molar refractivity (Wildman–Crippen MR) is 122 cm³/mol. The Balaban J connectivity index is 1.46. The summed E-state index contributed by atoms with van der Waals surface area (Å²) in [6, 6.07) is 0. The van der Waals surface area contributed by atoms with Gasteiger partial charge in [-0.1, -0.05) is 40.5 Å². The first kappa shape index (κ1) is 22.9. The molecular formula is C27H42O4. The summed E-state index contributed by atoms with van der Waals surface area (Å²) in [6.45, 7) is 8.96. The zero-order valence-electron chi connectivity index (χ0n) is 19.9. The Hall–Kier alpha value is -1.32. The van der Waals surface area contributed by atoms with E-state index in [4.69, 9.17) is 5.11 Å². The maximum atomic E-state index is 13.1. The highest BCUT2D eigenvalue weighted by atomic mass is 16.4. The van der Waals surface area contributed by atoms with E-state index in [1.807, 2.05) is 6.92 Å². The van der Waals surface area contributed by atoms with Crippen molar-refractivity contribution in [1.29, 1.82) is 0 Å². The number of rotatable bonds is 6. The molecule has 4 aliphatic rings. The number of hydrogen-bond donors (Lipinski definition) is 2. The third kappa shape index (κ3) is 3.66. The topological polar surface area (TPSA) is 74.6 Å². The summed E-state index contributed by atoms with van der Waals surface area (Å²) in [5.74, 6) is 3.02. The summed E-state index contributed by atoms with van der Waals surface area (Å²) in [5.41, 5.74) is 0.0744. The molecule has 0 aromatic heterocycles. The number of aliphatic carboxylic acids is 1. The van der Waals surface area contributed by atoms with Crippen molar-refractivity contribution >= 4 is 11.8 Å². The molecule has 0 amide bonds. The fourth-order valence-electron chi connectivity index (χ4n) is 8.79. The van der Waals surface area contributed by atoms with Crippen LogP contribution in [0.3, 0.4) is 0 Å². The van der Waals surface area contributed by atoms with E-state index in [-0.39, 0.29) is 17.1 Å². The molecule has 9 atom stereocenters. The van der Waals surface area contributed by atoms with Gasteiger partial charge < -0.3 is 10.2 Å². The Morgan fingerprint density at radius 3 is 2.55 bits per heavy atom. The van der Waals surface area contributed by atoms with Crippen LogP contribution in [0, 0.1) is 52.3 Å². The molecule has 31 heavy (non-hydrogen) atoms. The van der Waals surface area contributed by atoms with Crippen molar-refractivity contribution in [2.45, 2.75) is 91.9 Å². The Morgan fingerprint density at radius 1 is 1.10 bits per heavy atom. The first-order valence-electron chi connectivity index (χ1n) is 12.8. The minimum absolute atomic E-state index is 0.176. The Labute approximate surface area is 187 Å². The first-order chi connectivity index (χ1) is 14.6. The zero-order chi connectivity index (χ0) is 22.6. The highest BCUT2D eigenvalue weighted by Crippen LogP contribution is 2.67. The highest BCUT2D eigenvalue weighted by Gasteiger charge is 2.62. The van der Waals surface area contributed by atoms with Gasteiger partial charge in [0.15, 0.2) is 5.78 Å². The second kappa shape index (κ2) is 8.23. The van der Waals surface area contributed by atoms with E-state index < -0.39 is 5.97 Å². The molecule has 4 heteroatoms. The van der Waals surface area contributed by atoms with Gasteiger partial charge in [0.25, 0.3) is 0 Å². The smallest absolute Gasteiger partial charge is 0.306 e. The van der Waals surface area contributed by atoms with Crippen LogP contribution in [-0.2, 0) is 9.59 Å². The lowest BCUT2D eigenvalue weighted by Crippen LogP contribution is -2.55. The highest BCUT2D eigenvalue weighted by molar-refractivity contribution is 5.96. The molecule has 4 rings (SSSR count). The van der Waals surface area contributed by atoms with E-state index in [0.717, 1.165) is 38.0 Å². The molecule has 2 N–H and O–H groups in total. The number of aliphatic hydroxyl groups excluding tert-OH is 1. The van der Waals surface area contributed by atoms with Gasteiger partial charge in [0.1, 0.15) is 0 Å². The molecule has 4 nitrogen and oxygen atoms in total. The summed E-state index contributed by atoms with van der Waals surface area (Å²) in [7, 11) is 0. The Kier molecular flexibility index (Phi) is 6.07. The van der Waals surface area contributed by atoms with Crippen LogP contribution in [0.4, 0.5) is 0 Å². The maximum absolute atomic E-state index is 13.1. The molecule has 0 heterocycles. The predicted octanol–water partition coefficient (Wildman–Crippen LogP) is 6.40. The summed E-state index contributed by atoms with van der Waals surface area (Å²) >= 11 is 0. The standard InChI is InChI=1S/C27H42O4/c1-16(6-5-7-17(2)25(30)31)21-10-11-22-20-9-8-18-14-19(28)15-24(29)27(18,4)23(20)12-13-26(21,22)3/h15-18,20-23,28H,5-14H2,1-4H3,(H,30,31)/t16-,17?,18?,20+,21-,22+,23+,26-,27+/m1/s1. The lowest BCUT2D eigenvalue weighted by molar-refractivity contribution is -0.148. The number of ketones is 1. The largest absolute Gasteiger partial charge is 0.512 e. The van der Waals surface area contributed by atoms with Crippen molar-refractivity contribution < 1.29 is 19.8 Å². The number of carbonyl (C=O) groups is 2. The molecule has 0 radical (unpaired) electrons. The molecule has 174 valence electrons. The number of hydrogen-bond acceptors (Lipinski definition) is 3. The van der Waals surface area contributed by atoms with E-state index in [1.165, 1.54) is 31.8 Å². The lowest BCUT2D eigenvalue weighted by Gasteiger charge is -2.59. The quantitative estimate of drug-likeness (QED) is 0.511. The molecule has 0 aliphatic heterocycles. The molecule has 0 saturated heterocycles. The molecule has 4 aliphatic carbocycles. The van der Waals surface area contributed by atoms with E-state index in [1.54, 1.807) is 0 Å². The van der Waals surface area contributed by atoms with Crippen LogP contribution in [-0.4, -0.2) is 22.0 Å². The van der Waals surface area contributed by atoms with E-state index in [2.05, 4.69) is 20.8 Å². The number of carboxylic acids is 1. The van der Waals surface area contributed by atoms with Gasteiger partial charge in [0.2, 0.25) is 0 Å². The molecule has 0 spiro atoms. The second-order valence-electron chi connectivity index (χ2n) is 12.0. The van der Waals surface area contributed by atoms with Crippen LogP contribution < -0.4 is 0 Å². The zero-order valence-corrected chi connectivity index (χ0v) is 19.9.